The van der Waals surface area contributed by atoms with Crippen LogP contribution in [0.25, 0.3) is 0 Å². The Hall–Kier alpha value is -3.10. The Bertz CT molecular complexity index is 1030. The molecule has 33 heavy (non-hydrogen) atoms. The molecule has 1 aliphatic heterocycles. The second-order valence-electron chi connectivity index (χ2n) is 8.21. The summed E-state index contributed by atoms with van der Waals surface area (Å²) in [5.74, 6) is 0.533. The van der Waals surface area contributed by atoms with Gasteiger partial charge >= 0.3 is 6.03 Å². The second kappa shape index (κ2) is 10.7. The standard InChI is InChI=1S/C24H27ClN4O4/c25-18-3-5-19(6-4-18)27-24(32)29-11-9-28(10-12-29)8-7-26-16-20-21(30)14-17(15-22(20)31)23-2-1-13-33-23/h1-6,13,16-17,30H,7-12,14-15H2,(H,27,32). The van der Waals surface area contributed by atoms with Crippen LogP contribution >= 0.6 is 11.6 Å². The third-order valence-electron chi connectivity index (χ3n) is 5.95. The minimum Gasteiger partial charge on any atom is -0.511 e. The fourth-order valence-electron chi connectivity index (χ4n) is 4.05. The highest BCUT2D eigenvalue weighted by Crippen LogP contribution is 2.33. The maximum atomic E-state index is 12.4. The Morgan fingerprint density at radius 2 is 1.94 bits per heavy atom. The van der Waals surface area contributed by atoms with Crippen molar-refractivity contribution in [3.63, 3.8) is 0 Å². The lowest BCUT2D eigenvalue weighted by Gasteiger charge is -2.34. The Morgan fingerprint density at radius 1 is 1.18 bits per heavy atom. The number of rotatable bonds is 6. The van der Waals surface area contributed by atoms with Gasteiger partial charge in [-0.3, -0.25) is 14.7 Å². The smallest absolute Gasteiger partial charge is 0.321 e. The summed E-state index contributed by atoms with van der Waals surface area (Å²) < 4.78 is 5.37. The van der Waals surface area contributed by atoms with E-state index in [9.17, 15) is 14.7 Å². The fourth-order valence-corrected chi connectivity index (χ4v) is 4.17. The summed E-state index contributed by atoms with van der Waals surface area (Å²) in [6.07, 6.45) is 3.74. The van der Waals surface area contributed by atoms with Gasteiger partial charge in [-0.1, -0.05) is 11.6 Å². The highest BCUT2D eigenvalue weighted by atomic mass is 35.5. The molecule has 4 rings (SSSR count). The lowest BCUT2D eigenvalue weighted by Crippen LogP contribution is -2.50. The maximum absolute atomic E-state index is 12.4. The van der Waals surface area contributed by atoms with E-state index in [-0.39, 0.29) is 23.5 Å². The molecule has 1 aromatic heterocycles. The number of hydrogen-bond donors (Lipinski definition) is 2. The SMILES string of the molecule is O=C1CC(c2ccco2)CC(O)=C1C=NCCN1CCN(C(=O)Nc2ccc(Cl)cc2)CC1. The molecule has 0 radical (unpaired) electrons. The number of allylic oxidation sites excluding steroid dienone is 2. The van der Waals surface area contributed by atoms with E-state index in [1.165, 1.54) is 6.21 Å². The van der Waals surface area contributed by atoms with Gasteiger partial charge in [0.15, 0.2) is 5.78 Å². The van der Waals surface area contributed by atoms with Crippen LogP contribution < -0.4 is 5.32 Å². The van der Waals surface area contributed by atoms with Gasteiger partial charge in [-0.15, -0.1) is 0 Å². The van der Waals surface area contributed by atoms with E-state index in [0.29, 0.717) is 54.5 Å². The number of anilines is 1. The van der Waals surface area contributed by atoms with E-state index < -0.39 is 0 Å². The summed E-state index contributed by atoms with van der Waals surface area (Å²) in [6, 6.07) is 10.5. The number of amides is 2. The van der Waals surface area contributed by atoms with Crippen molar-refractivity contribution in [1.29, 1.82) is 0 Å². The molecule has 9 heteroatoms. The molecule has 1 unspecified atom stereocenters. The monoisotopic (exact) mass is 470 g/mol. The first kappa shape index (κ1) is 23.1. The van der Waals surface area contributed by atoms with Gasteiger partial charge in [-0.2, -0.15) is 0 Å². The van der Waals surface area contributed by atoms with Crippen molar-refractivity contribution in [1.82, 2.24) is 9.80 Å². The van der Waals surface area contributed by atoms with Gasteiger partial charge in [0.05, 0.1) is 18.4 Å². The van der Waals surface area contributed by atoms with Crippen LogP contribution in [0, 0.1) is 0 Å². The zero-order chi connectivity index (χ0) is 23.2. The largest absolute Gasteiger partial charge is 0.511 e. The molecule has 2 heterocycles. The number of hydrogen-bond acceptors (Lipinski definition) is 6. The van der Waals surface area contributed by atoms with Crippen LogP contribution in [0.1, 0.15) is 24.5 Å². The van der Waals surface area contributed by atoms with E-state index in [2.05, 4.69) is 15.2 Å². The predicted molar refractivity (Wildman–Crippen MR) is 127 cm³/mol. The van der Waals surface area contributed by atoms with Crippen LogP contribution in [0.3, 0.4) is 0 Å². The number of furan rings is 1. The first-order valence-corrected chi connectivity index (χ1v) is 11.4. The quantitative estimate of drug-likeness (QED) is 0.619. The van der Waals surface area contributed by atoms with Crippen LogP contribution in [0.5, 0.6) is 0 Å². The van der Waals surface area contributed by atoms with Gasteiger partial charge in [-0.05, 0) is 36.4 Å². The molecule has 1 atom stereocenters. The number of nitrogens with zero attached hydrogens (tertiary/aromatic N) is 3. The van der Waals surface area contributed by atoms with Gasteiger partial charge in [0.1, 0.15) is 11.5 Å². The lowest BCUT2D eigenvalue weighted by atomic mass is 9.86. The first-order valence-electron chi connectivity index (χ1n) is 11.0. The topological polar surface area (TPSA) is 98.4 Å². The molecule has 1 fully saturated rings. The summed E-state index contributed by atoms with van der Waals surface area (Å²) in [5.41, 5.74) is 1.01. The van der Waals surface area contributed by atoms with Crippen LogP contribution in [0.4, 0.5) is 10.5 Å². The molecule has 1 aliphatic carbocycles. The highest BCUT2D eigenvalue weighted by Gasteiger charge is 2.29. The van der Waals surface area contributed by atoms with Gasteiger partial charge in [0.2, 0.25) is 0 Å². The van der Waals surface area contributed by atoms with Crippen LogP contribution in [-0.4, -0.2) is 72.2 Å². The summed E-state index contributed by atoms with van der Waals surface area (Å²) in [5, 5.41) is 13.8. The van der Waals surface area contributed by atoms with Crippen molar-refractivity contribution in [3.05, 3.63) is 64.8 Å². The Labute approximate surface area is 197 Å². The number of nitrogens with one attached hydrogen (secondary N) is 1. The van der Waals surface area contributed by atoms with Gasteiger partial charge in [0.25, 0.3) is 0 Å². The van der Waals surface area contributed by atoms with E-state index >= 15 is 0 Å². The molecule has 2 aromatic rings. The zero-order valence-corrected chi connectivity index (χ0v) is 19.0. The lowest BCUT2D eigenvalue weighted by molar-refractivity contribution is -0.116. The van der Waals surface area contributed by atoms with Crippen molar-refractivity contribution < 1.29 is 19.1 Å². The maximum Gasteiger partial charge on any atom is 0.321 e. The number of carbonyl (C=O) groups excluding carboxylic acids is 2. The average molecular weight is 471 g/mol. The number of benzene rings is 1. The Balaban J connectivity index is 1.20. The molecule has 0 bridgehead atoms. The summed E-state index contributed by atoms with van der Waals surface area (Å²) >= 11 is 5.87. The van der Waals surface area contributed by atoms with E-state index in [1.807, 2.05) is 6.07 Å². The molecule has 0 saturated carbocycles. The van der Waals surface area contributed by atoms with Crippen LogP contribution in [-0.2, 0) is 4.79 Å². The first-order chi connectivity index (χ1) is 16.0. The van der Waals surface area contributed by atoms with Gasteiger partial charge < -0.3 is 19.7 Å². The zero-order valence-electron chi connectivity index (χ0n) is 18.2. The number of piperazine rings is 1. The molecular formula is C24H27ClN4O4. The predicted octanol–water partition coefficient (Wildman–Crippen LogP) is 4.11. The Kier molecular flexibility index (Phi) is 7.47. The molecule has 174 valence electrons. The van der Waals surface area contributed by atoms with E-state index in [1.54, 1.807) is 41.5 Å². The Morgan fingerprint density at radius 3 is 2.61 bits per heavy atom. The molecule has 1 saturated heterocycles. The number of aliphatic imine (C=N–C) groups is 1. The van der Waals surface area contributed by atoms with Crippen molar-refractivity contribution in [2.45, 2.75) is 18.8 Å². The number of aliphatic hydroxyl groups is 1. The number of aliphatic hydroxyl groups excluding tert-OH is 1. The fraction of sp³-hybridized carbons (Fsp3) is 0.375. The summed E-state index contributed by atoms with van der Waals surface area (Å²) in [7, 11) is 0. The second-order valence-corrected chi connectivity index (χ2v) is 8.64. The summed E-state index contributed by atoms with van der Waals surface area (Å²) in [6.45, 7) is 4.00. The van der Waals surface area contributed by atoms with E-state index in [4.69, 9.17) is 16.0 Å². The van der Waals surface area contributed by atoms with Gasteiger partial charge in [0, 0.05) is 68.4 Å². The number of urea groups is 1. The molecular weight excluding hydrogens is 444 g/mol. The third kappa shape index (κ3) is 6.03. The van der Waals surface area contributed by atoms with Crippen molar-refractivity contribution in [2.24, 2.45) is 4.99 Å². The molecule has 1 aromatic carbocycles. The van der Waals surface area contributed by atoms with Gasteiger partial charge in [-0.25, -0.2) is 4.79 Å². The number of carbonyl (C=O) groups is 2. The van der Waals surface area contributed by atoms with Crippen LogP contribution in [0.2, 0.25) is 5.02 Å². The van der Waals surface area contributed by atoms with Crippen molar-refractivity contribution >= 4 is 35.3 Å². The minimum atomic E-state index is -0.127. The molecule has 8 nitrogen and oxygen atoms in total. The number of ketones is 1. The average Bonchev–Trinajstić information content (AvgIpc) is 3.35. The normalized spacial score (nSPS) is 20.0. The van der Waals surface area contributed by atoms with Crippen molar-refractivity contribution in [3.8, 4) is 0 Å². The molecule has 2 N–H and O–H groups in total. The minimum absolute atomic E-state index is 0.0664. The molecule has 2 amide bonds. The molecule has 2 aliphatic rings. The summed E-state index contributed by atoms with van der Waals surface area (Å²) in [4.78, 5) is 33.2. The molecule has 0 spiro atoms. The van der Waals surface area contributed by atoms with Crippen molar-refractivity contribution in [2.75, 3.05) is 44.6 Å². The van der Waals surface area contributed by atoms with E-state index in [0.717, 1.165) is 19.6 Å². The van der Waals surface area contributed by atoms with Crippen LogP contribution in [0.15, 0.2) is 63.4 Å². The number of halogens is 1. The highest BCUT2D eigenvalue weighted by molar-refractivity contribution is 6.30. The number of Topliss-reactive ketones (excluding diaryl/α,β-unsaturated/α-hetero) is 1. The third-order valence-corrected chi connectivity index (χ3v) is 6.20.